The number of carbonyl (C=O) groups excluding carboxylic acids is 2. The topological polar surface area (TPSA) is 99.7 Å². The van der Waals surface area contributed by atoms with E-state index in [2.05, 4.69) is 10.3 Å². The van der Waals surface area contributed by atoms with Crippen LogP contribution in [0, 0.1) is 5.82 Å². The van der Waals surface area contributed by atoms with Crippen LogP contribution in [0.2, 0.25) is 0 Å². The Kier molecular flexibility index (Phi) is 10.5. The number of carbonyl (C=O) groups is 2. The minimum atomic E-state index is -3.79. The van der Waals surface area contributed by atoms with Crippen LogP contribution in [0.3, 0.4) is 0 Å². The van der Waals surface area contributed by atoms with Crippen LogP contribution in [0.25, 0.3) is 0 Å². The Labute approximate surface area is 245 Å². The molecule has 0 bridgehead atoms. The fraction of sp³-hybridized carbons (Fsp3) is 0.219. The maximum Gasteiger partial charge on any atom is 0.243 e. The summed E-state index contributed by atoms with van der Waals surface area (Å²) in [5, 5.41) is 2.91. The molecule has 218 valence electrons. The summed E-state index contributed by atoms with van der Waals surface area (Å²) >= 11 is 0. The first-order chi connectivity index (χ1) is 20.2. The van der Waals surface area contributed by atoms with E-state index in [4.69, 9.17) is 0 Å². The number of halogens is 1. The zero-order chi connectivity index (χ0) is 30.0. The van der Waals surface area contributed by atoms with Crippen LogP contribution >= 0.6 is 0 Å². The summed E-state index contributed by atoms with van der Waals surface area (Å²) in [7, 11) is -3.79. The van der Waals surface area contributed by atoms with Gasteiger partial charge in [0.15, 0.2) is 0 Å². The van der Waals surface area contributed by atoms with Crippen molar-refractivity contribution >= 4 is 21.8 Å². The van der Waals surface area contributed by atoms with E-state index in [0.717, 1.165) is 27.3 Å². The van der Waals surface area contributed by atoms with Gasteiger partial charge in [-0.3, -0.25) is 14.6 Å². The SMILES string of the molecule is CS(=O)(=O)N(CC(=O)N(Cc1ccc(F)cc1)C(Cc1ccccc1)C(=O)NCc1cccnc1)Cc1ccccc1. The highest BCUT2D eigenvalue weighted by molar-refractivity contribution is 7.88. The lowest BCUT2D eigenvalue weighted by Gasteiger charge is -2.33. The average Bonchev–Trinajstić information content (AvgIpc) is 2.99. The van der Waals surface area contributed by atoms with Crippen molar-refractivity contribution in [2.45, 2.75) is 32.1 Å². The molecule has 4 rings (SSSR count). The molecule has 1 atom stereocenters. The normalized spacial score (nSPS) is 12.1. The molecule has 0 spiro atoms. The third kappa shape index (κ3) is 9.05. The van der Waals surface area contributed by atoms with E-state index in [1.165, 1.54) is 17.0 Å². The van der Waals surface area contributed by atoms with Gasteiger partial charge in [0.25, 0.3) is 0 Å². The molecule has 0 saturated carbocycles. The molecule has 8 nitrogen and oxygen atoms in total. The first-order valence-electron chi connectivity index (χ1n) is 13.4. The number of sulfonamides is 1. The molecular formula is C32H33FN4O4S. The van der Waals surface area contributed by atoms with Gasteiger partial charge < -0.3 is 10.2 Å². The second-order valence-electron chi connectivity index (χ2n) is 9.95. The minimum Gasteiger partial charge on any atom is -0.350 e. The van der Waals surface area contributed by atoms with Crippen molar-refractivity contribution in [1.82, 2.24) is 19.5 Å². The number of pyridine rings is 1. The van der Waals surface area contributed by atoms with Gasteiger partial charge >= 0.3 is 0 Å². The molecule has 1 N–H and O–H groups in total. The Morgan fingerprint density at radius 1 is 0.810 bits per heavy atom. The lowest BCUT2D eigenvalue weighted by molar-refractivity contribution is -0.141. The summed E-state index contributed by atoms with van der Waals surface area (Å²) < 4.78 is 40.3. The number of benzene rings is 3. The van der Waals surface area contributed by atoms with E-state index in [0.29, 0.717) is 5.56 Å². The van der Waals surface area contributed by atoms with E-state index < -0.39 is 40.2 Å². The number of rotatable bonds is 13. The van der Waals surface area contributed by atoms with Crippen molar-refractivity contribution in [2.75, 3.05) is 12.8 Å². The Morgan fingerprint density at radius 2 is 1.40 bits per heavy atom. The summed E-state index contributed by atoms with van der Waals surface area (Å²) in [6.07, 6.45) is 4.51. The third-order valence-corrected chi connectivity index (χ3v) is 7.91. The molecule has 0 radical (unpaired) electrons. The number of hydrogen-bond acceptors (Lipinski definition) is 5. The fourth-order valence-corrected chi connectivity index (χ4v) is 5.20. The average molecular weight is 589 g/mol. The standard InChI is InChI=1S/C32H33FN4O4S/c1-42(40,41)36(22-26-11-6-3-7-12-26)24-31(38)37(23-27-14-16-29(33)17-15-27)30(19-25-9-4-2-5-10-25)32(39)35-21-28-13-8-18-34-20-28/h2-18,20,30H,19,21-24H2,1H3,(H,35,39). The predicted molar refractivity (Wildman–Crippen MR) is 159 cm³/mol. The quantitative estimate of drug-likeness (QED) is 0.255. The molecule has 1 aromatic heterocycles. The lowest BCUT2D eigenvalue weighted by atomic mass is 10.0. The van der Waals surface area contributed by atoms with Gasteiger partial charge in [-0.2, -0.15) is 4.31 Å². The van der Waals surface area contributed by atoms with Gasteiger partial charge in [0, 0.05) is 38.4 Å². The molecule has 0 saturated heterocycles. The van der Waals surface area contributed by atoms with Crippen molar-refractivity contribution in [3.63, 3.8) is 0 Å². The second-order valence-corrected chi connectivity index (χ2v) is 11.9. The first-order valence-corrected chi connectivity index (χ1v) is 15.3. The van der Waals surface area contributed by atoms with Crippen LogP contribution in [0.1, 0.15) is 22.3 Å². The van der Waals surface area contributed by atoms with Crippen molar-refractivity contribution in [3.8, 4) is 0 Å². The molecule has 1 heterocycles. The van der Waals surface area contributed by atoms with Crippen molar-refractivity contribution in [2.24, 2.45) is 0 Å². The smallest absolute Gasteiger partial charge is 0.243 e. The monoisotopic (exact) mass is 588 g/mol. The fourth-order valence-electron chi connectivity index (χ4n) is 4.47. The van der Waals surface area contributed by atoms with Gasteiger partial charge in [0.2, 0.25) is 21.8 Å². The van der Waals surface area contributed by atoms with E-state index in [1.54, 1.807) is 54.9 Å². The van der Waals surface area contributed by atoms with Gasteiger partial charge in [-0.15, -0.1) is 0 Å². The molecule has 3 aromatic carbocycles. The third-order valence-electron chi connectivity index (χ3n) is 6.71. The molecule has 4 aromatic rings. The highest BCUT2D eigenvalue weighted by Gasteiger charge is 2.33. The number of hydrogen-bond donors (Lipinski definition) is 1. The van der Waals surface area contributed by atoms with Crippen LogP contribution in [-0.4, -0.2) is 53.3 Å². The van der Waals surface area contributed by atoms with Crippen LogP contribution in [0.4, 0.5) is 4.39 Å². The first kappa shape index (κ1) is 30.5. The predicted octanol–water partition coefficient (Wildman–Crippen LogP) is 3.94. The van der Waals surface area contributed by atoms with Crippen molar-refractivity contribution < 1.29 is 22.4 Å². The van der Waals surface area contributed by atoms with Crippen molar-refractivity contribution in [1.29, 1.82) is 0 Å². The Balaban J connectivity index is 1.67. The van der Waals surface area contributed by atoms with Gasteiger partial charge in [-0.05, 0) is 40.5 Å². The Bertz CT molecular complexity index is 1550. The highest BCUT2D eigenvalue weighted by atomic mass is 32.2. The summed E-state index contributed by atoms with van der Waals surface area (Å²) in [5.74, 6) is -1.40. The summed E-state index contributed by atoms with van der Waals surface area (Å²) in [4.78, 5) is 33.3. The summed E-state index contributed by atoms with van der Waals surface area (Å²) in [6.45, 7) is -0.317. The van der Waals surface area contributed by atoms with E-state index in [1.807, 2.05) is 42.5 Å². The van der Waals surface area contributed by atoms with Crippen LogP contribution in [-0.2, 0) is 45.7 Å². The molecule has 0 aliphatic heterocycles. The summed E-state index contributed by atoms with van der Waals surface area (Å²) in [5.41, 5.74) is 2.92. The van der Waals surface area contributed by atoms with Gasteiger partial charge in [0.1, 0.15) is 11.9 Å². The molecule has 0 aliphatic rings. The zero-order valence-corrected chi connectivity index (χ0v) is 24.1. The van der Waals surface area contributed by atoms with Crippen LogP contribution in [0.5, 0.6) is 0 Å². The molecule has 1 unspecified atom stereocenters. The number of nitrogens with one attached hydrogen (secondary N) is 1. The van der Waals surface area contributed by atoms with E-state index in [-0.39, 0.29) is 26.1 Å². The van der Waals surface area contributed by atoms with Gasteiger partial charge in [-0.1, -0.05) is 78.9 Å². The number of amides is 2. The Hall–Kier alpha value is -4.41. The molecular weight excluding hydrogens is 555 g/mol. The summed E-state index contributed by atoms with van der Waals surface area (Å²) in [6, 6.07) is 26.5. The largest absolute Gasteiger partial charge is 0.350 e. The molecule has 0 aliphatic carbocycles. The molecule has 42 heavy (non-hydrogen) atoms. The lowest BCUT2D eigenvalue weighted by Crippen LogP contribution is -2.53. The Morgan fingerprint density at radius 3 is 2.00 bits per heavy atom. The van der Waals surface area contributed by atoms with Crippen LogP contribution in [0.15, 0.2) is 109 Å². The maximum atomic E-state index is 14.0. The van der Waals surface area contributed by atoms with Crippen molar-refractivity contribution in [3.05, 3.63) is 138 Å². The molecule has 10 heteroatoms. The van der Waals surface area contributed by atoms with E-state index >= 15 is 0 Å². The van der Waals surface area contributed by atoms with Crippen LogP contribution < -0.4 is 5.32 Å². The number of nitrogens with zero attached hydrogens (tertiary/aromatic N) is 3. The number of aromatic nitrogens is 1. The second kappa shape index (κ2) is 14.5. The highest BCUT2D eigenvalue weighted by Crippen LogP contribution is 2.18. The van der Waals surface area contributed by atoms with Gasteiger partial charge in [-0.25, -0.2) is 12.8 Å². The maximum absolute atomic E-state index is 14.0. The minimum absolute atomic E-state index is 0.00758. The zero-order valence-electron chi connectivity index (χ0n) is 23.3. The molecule has 2 amide bonds. The molecule has 0 fully saturated rings. The van der Waals surface area contributed by atoms with Gasteiger partial charge in [0.05, 0.1) is 12.8 Å². The van der Waals surface area contributed by atoms with E-state index in [9.17, 15) is 22.4 Å².